The molecule has 0 aromatic heterocycles. The first-order valence-corrected chi connectivity index (χ1v) is 5.84. The van der Waals surface area contributed by atoms with E-state index in [4.69, 9.17) is 0 Å². The average Bonchev–Trinajstić information content (AvgIpc) is 2.14. The van der Waals surface area contributed by atoms with E-state index in [1.54, 1.807) is 0 Å². The number of nitrogens with zero attached hydrogens (tertiary/aromatic N) is 1. The van der Waals surface area contributed by atoms with Crippen LogP contribution in [0.1, 0.15) is 57.8 Å². The molecule has 0 heterocycles. The molecule has 1 heteroatoms. The molecule has 0 atom stereocenters. The van der Waals surface area contributed by atoms with Gasteiger partial charge in [-0.2, -0.15) is 0 Å². The van der Waals surface area contributed by atoms with Gasteiger partial charge in [0.15, 0.2) is 6.04 Å². The highest BCUT2D eigenvalue weighted by atomic mass is 15.0. The lowest BCUT2D eigenvalue weighted by Gasteiger charge is -2.14. The Hall–Kier alpha value is -0.330. The van der Waals surface area contributed by atoms with Gasteiger partial charge in [-0.05, 0) is 12.8 Å². The molecule has 0 amide bonds. The minimum atomic E-state index is 0.748. The van der Waals surface area contributed by atoms with Crippen LogP contribution in [0.5, 0.6) is 0 Å². The lowest BCUT2D eigenvalue weighted by molar-refractivity contribution is -0.532. The number of hydrogen-bond acceptors (Lipinski definition) is 0. The molecular formula is C12H24N+. The predicted octanol–water partition coefficient (Wildman–Crippen LogP) is 3.22. The molecule has 0 spiro atoms. The minimum Gasteiger partial charge on any atom is -0.242 e. The smallest absolute Gasteiger partial charge is 0.151 e. The highest BCUT2D eigenvalue weighted by Gasteiger charge is 2.15. The van der Waals surface area contributed by atoms with Crippen molar-refractivity contribution >= 4 is 6.72 Å². The molecule has 0 aromatic carbocycles. The van der Waals surface area contributed by atoms with Crippen molar-refractivity contribution < 1.29 is 4.58 Å². The van der Waals surface area contributed by atoms with E-state index < -0.39 is 0 Å². The van der Waals surface area contributed by atoms with Crippen LogP contribution >= 0.6 is 0 Å². The molecule has 1 fully saturated rings. The largest absolute Gasteiger partial charge is 0.242 e. The summed E-state index contributed by atoms with van der Waals surface area (Å²) >= 11 is 0. The molecule has 1 aliphatic carbocycles. The minimum absolute atomic E-state index is 0.748. The fourth-order valence-electron chi connectivity index (χ4n) is 2.23. The Labute approximate surface area is 82.9 Å². The third-order valence-electron chi connectivity index (χ3n) is 3.20. The van der Waals surface area contributed by atoms with Gasteiger partial charge in [0.2, 0.25) is 0 Å². The van der Waals surface area contributed by atoms with Gasteiger partial charge in [0.25, 0.3) is 0 Å². The molecule has 1 aliphatic rings. The van der Waals surface area contributed by atoms with Crippen LogP contribution in [0, 0.1) is 0 Å². The van der Waals surface area contributed by atoms with E-state index >= 15 is 0 Å². The zero-order valence-corrected chi connectivity index (χ0v) is 9.10. The van der Waals surface area contributed by atoms with Gasteiger partial charge in [-0.3, -0.25) is 0 Å². The van der Waals surface area contributed by atoms with Crippen molar-refractivity contribution in [2.75, 3.05) is 7.05 Å². The van der Waals surface area contributed by atoms with Crippen LogP contribution in [0.2, 0.25) is 0 Å². The van der Waals surface area contributed by atoms with Gasteiger partial charge < -0.3 is 0 Å². The molecule has 0 aromatic rings. The van der Waals surface area contributed by atoms with Gasteiger partial charge in [0.1, 0.15) is 13.8 Å². The van der Waals surface area contributed by atoms with Crippen molar-refractivity contribution in [3.8, 4) is 0 Å². The second-order valence-electron chi connectivity index (χ2n) is 4.46. The maximum atomic E-state index is 4.02. The van der Waals surface area contributed by atoms with E-state index in [1.165, 1.54) is 57.8 Å². The first-order chi connectivity index (χ1) is 6.30. The summed E-state index contributed by atoms with van der Waals surface area (Å²) in [7, 11) is 2.12. The monoisotopic (exact) mass is 182 g/mol. The Bertz CT molecular complexity index is 141. The molecule has 0 bridgehead atoms. The van der Waals surface area contributed by atoms with Crippen LogP contribution in [0.4, 0.5) is 0 Å². The molecule has 0 saturated heterocycles. The van der Waals surface area contributed by atoms with Crippen molar-refractivity contribution in [3.63, 3.8) is 0 Å². The van der Waals surface area contributed by atoms with Gasteiger partial charge in [-0.25, -0.2) is 4.58 Å². The number of hydrogen-bond donors (Lipinski definition) is 0. The molecule has 0 unspecified atom stereocenters. The second-order valence-corrected chi connectivity index (χ2v) is 4.46. The summed E-state index contributed by atoms with van der Waals surface area (Å²) in [5.74, 6) is 0. The van der Waals surface area contributed by atoms with E-state index in [-0.39, 0.29) is 0 Å². The summed E-state index contributed by atoms with van der Waals surface area (Å²) in [5.41, 5.74) is 0. The van der Waals surface area contributed by atoms with E-state index in [2.05, 4.69) is 18.3 Å². The second kappa shape index (κ2) is 6.17. The molecule has 1 rings (SSSR count). The van der Waals surface area contributed by atoms with E-state index in [0.717, 1.165) is 6.04 Å². The predicted molar refractivity (Wildman–Crippen MR) is 58.6 cm³/mol. The SMILES string of the molecule is C=[N+](C)C1CCCCCCCCC1. The van der Waals surface area contributed by atoms with Crippen LogP contribution in [-0.2, 0) is 0 Å². The van der Waals surface area contributed by atoms with Crippen LogP contribution in [-0.4, -0.2) is 24.4 Å². The Morgan fingerprint density at radius 2 is 1.23 bits per heavy atom. The molecule has 0 aliphatic heterocycles. The summed E-state index contributed by atoms with van der Waals surface area (Å²) in [4.78, 5) is 0. The average molecular weight is 182 g/mol. The molecule has 76 valence electrons. The first-order valence-electron chi connectivity index (χ1n) is 5.84. The summed E-state index contributed by atoms with van der Waals surface area (Å²) in [5, 5.41) is 0. The first kappa shape index (κ1) is 10.7. The Morgan fingerprint density at radius 1 is 0.846 bits per heavy atom. The van der Waals surface area contributed by atoms with E-state index in [9.17, 15) is 0 Å². The Kier molecular flexibility index (Phi) is 5.10. The molecule has 13 heavy (non-hydrogen) atoms. The molecule has 0 radical (unpaired) electrons. The zero-order valence-electron chi connectivity index (χ0n) is 9.10. The van der Waals surface area contributed by atoms with Crippen molar-refractivity contribution in [2.45, 2.75) is 63.8 Å². The zero-order chi connectivity index (χ0) is 9.52. The summed E-state index contributed by atoms with van der Waals surface area (Å²) < 4.78 is 2.17. The summed E-state index contributed by atoms with van der Waals surface area (Å²) in [6, 6.07) is 0.748. The lowest BCUT2D eigenvalue weighted by Crippen LogP contribution is -2.21. The van der Waals surface area contributed by atoms with Gasteiger partial charge >= 0.3 is 0 Å². The van der Waals surface area contributed by atoms with Crippen molar-refractivity contribution in [1.29, 1.82) is 0 Å². The van der Waals surface area contributed by atoms with E-state index in [0.29, 0.717) is 0 Å². The van der Waals surface area contributed by atoms with Crippen molar-refractivity contribution in [1.82, 2.24) is 0 Å². The molecule has 1 saturated carbocycles. The van der Waals surface area contributed by atoms with Gasteiger partial charge in [0, 0.05) is 12.8 Å². The van der Waals surface area contributed by atoms with Crippen LogP contribution in [0.3, 0.4) is 0 Å². The summed E-state index contributed by atoms with van der Waals surface area (Å²) in [6.45, 7) is 4.02. The van der Waals surface area contributed by atoms with Crippen LogP contribution in [0.15, 0.2) is 0 Å². The van der Waals surface area contributed by atoms with E-state index in [1.807, 2.05) is 0 Å². The van der Waals surface area contributed by atoms with Gasteiger partial charge in [-0.1, -0.05) is 32.1 Å². The standard InChI is InChI=1S/C12H24N/c1-13(2)12-10-8-6-4-3-5-7-9-11-12/h12H,1,3-11H2,2H3/q+1. The molecule has 1 nitrogen and oxygen atoms in total. The normalized spacial score (nSPS) is 22.5. The highest BCUT2D eigenvalue weighted by molar-refractivity contribution is 5.14. The Balaban J connectivity index is 2.30. The molecular weight excluding hydrogens is 158 g/mol. The third kappa shape index (κ3) is 4.44. The quantitative estimate of drug-likeness (QED) is 0.433. The lowest BCUT2D eigenvalue weighted by atomic mass is 9.97. The maximum Gasteiger partial charge on any atom is 0.151 e. The summed E-state index contributed by atoms with van der Waals surface area (Å²) in [6.07, 6.45) is 12.8. The van der Waals surface area contributed by atoms with Crippen LogP contribution < -0.4 is 0 Å². The maximum absolute atomic E-state index is 4.02. The topological polar surface area (TPSA) is 3.01 Å². The van der Waals surface area contributed by atoms with Gasteiger partial charge in [-0.15, -0.1) is 0 Å². The fraction of sp³-hybridized carbons (Fsp3) is 0.917. The van der Waals surface area contributed by atoms with Crippen molar-refractivity contribution in [3.05, 3.63) is 0 Å². The third-order valence-corrected chi connectivity index (χ3v) is 3.20. The highest BCUT2D eigenvalue weighted by Crippen LogP contribution is 2.17. The van der Waals surface area contributed by atoms with Crippen molar-refractivity contribution in [2.24, 2.45) is 0 Å². The van der Waals surface area contributed by atoms with Crippen LogP contribution in [0.25, 0.3) is 0 Å². The Morgan fingerprint density at radius 3 is 1.62 bits per heavy atom. The fourth-order valence-corrected chi connectivity index (χ4v) is 2.23. The molecule has 0 N–H and O–H groups in total. The van der Waals surface area contributed by atoms with Gasteiger partial charge in [0.05, 0.1) is 0 Å². The number of rotatable bonds is 1.